The van der Waals surface area contributed by atoms with E-state index in [0.29, 0.717) is 23.4 Å². The van der Waals surface area contributed by atoms with Gasteiger partial charge in [0.25, 0.3) is 0 Å². The lowest BCUT2D eigenvalue weighted by Crippen LogP contribution is -2.09. The molecule has 0 aliphatic carbocycles. The fraction of sp³-hybridized carbons (Fsp3) is 0.538. The van der Waals surface area contributed by atoms with Gasteiger partial charge in [0.1, 0.15) is 0 Å². The lowest BCUT2D eigenvalue weighted by molar-refractivity contribution is 0.353. The SMILES string of the molecule is CCC(CCN)CCc1nc(-c2ccco2)no1. The standard InChI is InChI=1S/C13H19N3O2/c1-2-10(7-8-14)5-6-12-15-13(16-18-12)11-4-3-9-17-11/h3-4,9-10H,2,5-8,14H2,1H3. The number of furan rings is 1. The highest BCUT2D eigenvalue weighted by atomic mass is 16.5. The third-order valence-electron chi connectivity index (χ3n) is 3.13. The molecule has 0 saturated heterocycles. The zero-order valence-electron chi connectivity index (χ0n) is 10.6. The predicted octanol–water partition coefficient (Wildman–Crippen LogP) is 2.64. The van der Waals surface area contributed by atoms with Gasteiger partial charge in [-0.1, -0.05) is 18.5 Å². The molecule has 0 fully saturated rings. The van der Waals surface area contributed by atoms with Crippen LogP contribution in [-0.4, -0.2) is 16.7 Å². The minimum atomic E-state index is 0.516. The van der Waals surface area contributed by atoms with Gasteiger partial charge in [0.2, 0.25) is 11.7 Å². The van der Waals surface area contributed by atoms with Crippen LogP contribution in [0.5, 0.6) is 0 Å². The molecule has 2 aromatic heterocycles. The first kappa shape index (κ1) is 12.8. The molecular formula is C13H19N3O2. The van der Waals surface area contributed by atoms with E-state index in [-0.39, 0.29) is 0 Å². The van der Waals surface area contributed by atoms with Crippen molar-refractivity contribution >= 4 is 0 Å². The third-order valence-corrected chi connectivity index (χ3v) is 3.13. The minimum absolute atomic E-state index is 0.516. The first-order valence-electron chi connectivity index (χ1n) is 6.40. The smallest absolute Gasteiger partial charge is 0.238 e. The molecule has 0 aliphatic heterocycles. The number of hydrogen-bond donors (Lipinski definition) is 1. The fourth-order valence-electron chi connectivity index (χ4n) is 1.98. The molecule has 18 heavy (non-hydrogen) atoms. The van der Waals surface area contributed by atoms with Crippen LogP contribution in [-0.2, 0) is 6.42 Å². The molecule has 0 aliphatic rings. The lowest BCUT2D eigenvalue weighted by atomic mass is 9.97. The van der Waals surface area contributed by atoms with Gasteiger partial charge < -0.3 is 14.7 Å². The molecule has 1 atom stereocenters. The number of rotatable bonds is 7. The number of nitrogens with two attached hydrogens (primary N) is 1. The molecule has 0 radical (unpaired) electrons. The second-order valence-electron chi connectivity index (χ2n) is 4.38. The van der Waals surface area contributed by atoms with E-state index >= 15 is 0 Å². The quantitative estimate of drug-likeness (QED) is 0.816. The molecule has 0 spiro atoms. The van der Waals surface area contributed by atoms with Crippen molar-refractivity contribution in [3.63, 3.8) is 0 Å². The summed E-state index contributed by atoms with van der Waals surface area (Å²) in [6.45, 7) is 2.92. The maximum absolute atomic E-state index is 5.58. The Hall–Kier alpha value is -1.62. The van der Waals surface area contributed by atoms with Gasteiger partial charge >= 0.3 is 0 Å². The average Bonchev–Trinajstić information content (AvgIpc) is 3.04. The Labute approximate surface area is 106 Å². The summed E-state index contributed by atoms with van der Waals surface area (Å²) in [6, 6.07) is 3.62. The molecule has 5 heteroatoms. The van der Waals surface area contributed by atoms with Crippen molar-refractivity contribution in [1.29, 1.82) is 0 Å². The van der Waals surface area contributed by atoms with E-state index in [2.05, 4.69) is 17.1 Å². The summed E-state index contributed by atoms with van der Waals surface area (Å²) in [5.41, 5.74) is 5.58. The van der Waals surface area contributed by atoms with E-state index in [1.54, 1.807) is 12.3 Å². The van der Waals surface area contributed by atoms with Gasteiger partial charge in [-0.3, -0.25) is 0 Å². The molecule has 98 valence electrons. The van der Waals surface area contributed by atoms with Gasteiger partial charge in [-0.05, 0) is 37.4 Å². The Morgan fingerprint density at radius 1 is 1.39 bits per heavy atom. The van der Waals surface area contributed by atoms with E-state index in [9.17, 15) is 0 Å². The van der Waals surface area contributed by atoms with Crippen LogP contribution in [0.15, 0.2) is 27.3 Å². The fourth-order valence-corrected chi connectivity index (χ4v) is 1.98. The predicted molar refractivity (Wildman–Crippen MR) is 67.8 cm³/mol. The second-order valence-corrected chi connectivity index (χ2v) is 4.38. The molecule has 0 aromatic carbocycles. The number of aryl methyl sites for hydroxylation is 1. The van der Waals surface area contributed by atoms with Gasteiger partial charge in [-0.25, -0.2) is 0 Å². The third kappa shape index (κ3) is 3.20. The van der Waals surface area contributed by atoms with Crippen LogP contribution in [0, 0.1) is 5.92 Å². The zero-order valence-corrected chi connectivity index (χ0v) is 10.6. The van der Waals surface area contributed by atoms with Crippen molar-refractivity contribution in [2.45, 2.75) is 32.6 Å². The molecule has 0 amide bonds. The second kappa shape index (κ2) is 6.35. The van der Waals surface area contributed by atoms with Crippen LogP contribution in [0.2, 0.25) is 0 Å². The number of aromatic nitrogens is 2. The highest BCUT2D eigenvalue weighted by Crippen LogP contribution is 2.19. The van der Waals surface area contributed by atoms with E-state index in [1.807, 2.05) is 6.07 Å². The maximum atomic E-state index is 5.58. The zero-order chi connectivity index (χ0) is 12.8. The maximum Gasteiger partial charge on any atom is 0.238 e. The van der Waals surface area contributed by atoms with Crippen LogP contribution in [0.25, 0.3) is 11.6 Å². The minimum Gasteiger partial charge on any atom is -0.461 e. The molecule has 2 aromatic rings. The molecule has 2 rings (SSSR count). The van der Waals surface area contributed by atoms with Gasteiger partial charge in [-0.15, -0.1) is 0 Å². The van der Waals surface area contributed by atoms with Crippen molar-refractivity contribution in [2.24, 2.45) is 11.7 Å². The Bertz CT molecular complexity index is 451. The first-order valence-corrected chi connectivity index (χ1v) is 6.40. The molecule has 2 heterocycles. The number of hydrogen-bond acceptors (Lipinski definition) is 5. The number of nitrogens with zero attached hydrogens (tertiary/aromatic N) is 2. The first-order chi connectivity index (χ1) is 8.83. The van der Waals surface area contributed by atoms with Crippen LogP contribution < -0.4 is 5.73 Å². The molecule has 2 N–H and O–H groups in total. The van der Waals surface area contributed by atoms with Gasteiger partial charge in [0.05, 0.1) is 6.26 Å². The molecule has 0 saturated carbocycles. The summed E-state index contributed by atoms with van der Waals surface area (Å²) in [4.78, 5) is 4.32. The average molecular weight is 249 g/mol. The van der Waals surface area contributed by atoms with Gasteiger partial charge in [-0.2, -0.15) is 4.98 Å². The highest BCUT2D eigenvalue weighted by molar-refractivity contribution is 5.44. The topological polar surface area (TPSA) is 78.1 Å². The van der Waals surface area contributed by atoms with Crippen molar-refractivity contribution < 1.29 is 8.94 Å². The largest absolute Gasteiger partial charge is 0.461 e. The summed E-state index contributed by atoms with van der Waals surface area (Å²) in [6.07, 6.45) is 5.62. The molecule has 5 nitrogen and oxygen atoms in total. The summed E-state index contributed by atoms with van der Waals surface area (Å²) < 4.78 is 10.4. The monoisotopic (exact) mass is 249 g/mol. The van der Waals surface area contributed by atoms with E-state index in [4.69, 9.17) is 14.7 Å². The van der Waals surface area contributed by atoms with Crippen molar-refractivity contribution in [3.05, 3.63) is 24.3 Å². The summed E-state index contributed by atoms with van der Waals surface area (Å²) in [5, 5.41) is 3.90. The van der Waals surface area contributed by atoms with Crippen molar-refractivity contribution in [2.75, 3.05) is 6.54 Å². The Morgan fingerprint density at radius 3 is 2.94 bits per heavy atom. The lowest BCUT2D eigenvalue weighted by Gasteiger charge is -2.11. The Kier molecular flexibility index (Phi) is 4.52. The van der Waals surface area contributed by atoms with Crippen LogP contribution in [0.3, 0.4) is 0 Å². The molecule has 0 bridgehead atoms. The van der Waals surface area contributed by atoms with Crippen LogP contribution >= 0.6 is 0 Å². The van der Waals surface area contributed by atoms with Gasteiger partial charge in [0.15, 0.2) is 5.76 Å². The highest BCUT2D eigenvalue weighted by Gasteiger charge is 2.12. The summed E-state index contributed by atoms with van der Waals surface area (Å²) >= 11 is 0. The molecule has 1 unspecified atom stereocenters. The van der Waals surface area contributed by atoms with Crippen molar-refractivity contribution in [3.8, 4) is 11.6 Å². The van der Waals surface area contributed by atoms with E-state index in [0.717, 1.165) is 32.2 Å². The van der Waals surface area contributed by atoms with Crippen LogP contribution in [0.1, 0.15) is 32.1 Å². The Morgan fingerprint density at radius 2 is 2.28 bits per heavy atom. The van der Waals surface area contributed by atoms with Gasteiger partial charge in [0, 0.05) is 6.42 Å². The normalized spacial score (nSPS) is 12.8. The summed E-state index contributed by atoms with van der Waals surface area (Å²) in [7, 11) is 0. The van der Waals surface area contributed by atoms with Crippen molar-refractivity contribution in [1.82, 2.24) is 10.1 Å². The van der Waals surface area contributed by atoms with E-state index in [1.165, 1.54) is 0 Å². The summed E-state index contributed by atoms with van der Waals surface area (Å²) in [5.74, 6) is 2.45. The van der Waals surface area contributed by atoms with Crippen LogP contribution in [0.4, 0.5) is 0 Å². The Balaban J connectivity index is 1.91. The van der Waals surface area contributed by atoms with E-state index < -0.39 is 0 Å². The molecular weight excluding hydrogens is 230 g/mol.